The van der Waals surface area contributed by atoms with E-state index in [0.717, 1.165) is 34.1 Å². The van der Waals surface area contributed by atoms with E-state index in [9.17, 15) is 0 Å². The summed E-state index contributed by atoms with van der Waals surface area (Å²) < 4.78 is 11.1. The van der Waals surface area contributed by atoms with Crippen molar-refractivity contribution in [3.63, 3.8) is 0 Å². The van der Waals surface area contributed by atoms with Crippen LogP contribution >= 0.6 is 11.3 Å². The molecule has 0 spiro atoms. The van der Waals surface area contributed by atoms with Gasteiger partial charge < -0.3 is 9.47 Å². The van der Waals surface area contributed by atoms with Gasteiger partial charge in [-0.1, -0.05) is 6.92 Å². The average Bonchev–Trinajstić information content (AvgIpc) is 3.10. The van der Waals surface area contributed by atoms with E-state index in [2.05, 4.69) is 21.9 Å². The van der Waals surface area contributed by atoms with Crippen molar-refractivity contribution >= 4 is 11.3 Å². The van der Waals surface area contributed by atoms with Gasteiger partial charge in [0.05, 0.1) is 19.9 Å². The third kappa shape index (κ3) is 3.48. The third-order valence-corrected chi connectivity index (χ3v) is 4.09. The number of methoxy groups -OCH3 is 1. The molecule has 5 nitrogen and oxygen atoms in total. The molecule has 6 heteroatoms. The summed E-state index contributed by atoms with van der Waals surface area (Å²) in [7, 11) is 1.64. The summed E-state index contributed by atoms with van der Waals surface area (Å²) >= 11 is 1.57. The van der Waals surface area contributed by atoms with Gasteiger partial charge in [-0.25, -0.2) is 4.98 Å². The standard InChI is InChI=1S/C17H17N3O2S/c1-3-8-22-15-5-4-12(9-16(15)21-2)17-20-14(11-23-17)13-10-18-6-7-19-13/h4-7,9-11H,3,8H2,1-2H3. The van der Waals surface area contributed by atoms with Gasteiger partial charge in [0.25, 0.3) is 0 Å². The zero-order chi connectivity index (χ0) is 16.1. The Morgan fingerprint density at radius 2 is 2.04 bits per heavy atom. The Hall–Kier alpha value is -2.47. The first-order valence-corrected chi connectivity index (χ1v) is 8.23. The fraction of sp³-hybridized carbons (Fsp3) is 0.235. The number of benzene rings is 1. The van der Waals surface area contributed by atoms with E-state index in [0.29, 0.717) is 12.4 Å². The van der Waals surface area contributed by atoms with Crippen molar-refractivity contribution in [1.82, 2.24) is 15.0 Å². The van der Waals surface area contributed by atoms with E-state index in [4.69, 9.17) is 9.47 Å². The quantitative estimate of drug-likeness (QED) is 0.683. The predicted octanol–water partition coefficient (Wildman–Crippen LogP) is 4.06. The Bertz CT molecular complexity index is 775. The van der Waals surface area contributed by atoms with Crippen molar-refractivity contribution in [2.75, 3.05) is 13.7 Å². The van der Waals surface area contributed by atoms with Gasteiger partial charge in [0, 0.05) is 23.3 Å². The molecule has 0 saturated carbocycles. The van der Waals surface area contributed by atoms with Crippen LogP contribution in [0, 0.1) is 0 Å². The molecule has 0 aliphatic heterocycles. The van der Waals surface area contributed by atoms with Crippen molar-refractivity contribution < 1.29 is 9.47 Å². The molecule has 23 heavy (non-hydrogen) atoms. The smallest absolute Gasteiger partial charge is 0.161 e. The van der Waals surface area contributed by atoms with Gasteiger partial charge in [0.1, 0.15) is 16.4 Å². The second kappa shape index (κ2) is 7.19. The second-order valence-electron chi connectivity index (χ2n) is 4.84. The summed E-state index contributed by atoms with van der Waals surface area (Å²) in [6, 6.07) is 5.87. The first-order valence-electron chi connectivity index (χ1n) is 7.35. The Balaban J connectivity index is 1.89. The summed E-state index contributed by atoms with van der Waals surface area (Å²) in [4.78, 5) is 13.0. The van der Waals surface area contributed by atoms with E-state index >= 15 is 0 Å². The van der Waals surface area contributed by atoms with Crippen molar-refractivity contribution in [2.45, 2.75) is 13.3 Å². The molecule has 0 atom stereocenters. The van der Waals surface area contributed by atoms with Gasteiger partial charge in [0.2, 0.25) is 0 Å². The highest BCUT2D eigenvalue weighted by atomic mass is 32.1. The van der Waals surface area contributed by atoms with Crippen LogP contribution in [0.15, 0.2) is 42.2 Å². The molecule has 0 aliphatic rings. The molecule has 2 heterocycles. The van der Waals surface area contributed by atoms with Gasteiger partial charge >= 0.3 is 0 Å². The van der Waals surface area contributed by atoms with Gasteiger partial charge in [0.15, 0.2) is 11.5 Å². The van der Waals surface area contributed by atoms with Gasteiger partial charge in [-0.15, -0.1) is 11.3 Å². The molecule has 0 amide bonds. The van der Waals surface area contributed by atoms with Crippen molar-refractivity contribution in [3.8, 4) is 33.5 Å². The Kier molecular flexibility index (Phi) is 4.83. The lowest BCUT2D eigenvalue weighted by atomic mass is 10.2. The highest BCUT2D eigenvalue weighted by Gasteiger charge is 2.11. The molecule has 0 fully saturated rings. The van der Waals surface area contributed by atoms with Crippen LogP contribution in [0.5, 0.6) is 11.5 Å². The Labute approximate surface area is 139 Å². The van der Waals surface area contributed by atoms with Crippen LogP contribution in [-0.4, -0.2) is 28.7 Å². The van der Waals surface area contributed by atoms with Crippen LogP contribution in [0.3, 0.4) is 0 Å². The van der Waals surface area contributed by atoms with Crippen LogP contribution in [0.4, 0.5) is 0 Å². The summed E-state index contributed by atoms with van der Waals surface area (Å²) in [6.45, 7) is 2.74. The number of nitrogens with zero attached hydrogens (tertiary/aromatic N) is 3. The van der Waals surface area contributed by atoms with Crippen molar-refractivity contribution in [3.05, 3.63) is 42.2 Å². The van der Waals surface area contributed by atoms with Gasteiger partial charge in [-0.3, -0.25) is 9.97 Å². The fourth-order valence-corrected chi connectivity index (χ4v) is 2.90. The lowest BCUT2D eigenvalue weighted by molar-refractivity contribution is 0.294. The Morgan fingerprint density at radius 3 is 2.78 bits per heavy atom. The predicted molar refractivity (Wildman–Crippen MR) is 90.9 cm³/mol. The third-order valence-electron chi connectivity index (χ3n) is 3.20. The zero-order valence-corrected chi connectivity index (χ0v) is 13.8. The molecule has 0 saturated heterocycles. The number of ether oxygens (including phenoxy) is 2. The normalized spacial score (nSPS) is 10.5. The molecular formula is C17H17N3O2S. The minimum atomic E-state index is 0.670. The summed E-state index contributed by atoms with van der Waals surface area (Å²) in [6.07, 6.45) is 5.98. The molecular weight excluding hydrogens is 310 g/mol. The largest absolute Gasteiger partial charge is 0.493 e. The maximum Gasteiger partial charge on any atom is 0.161 e. The first-order chi connectivity index (χ1) is 11.3. The first kappa shape index (κ1) is 15.4. The van der Waals surface area contributed by atoms with E-state index in [1.807, 2.05) is 23.6 Å². The number of thiazole rings is 1. The molecule has 1 aromatic carbocycles. The Morgan fingerprint density at radius 1 is 1.13 bits per heavy atom. The number of rotatable bonds is 6. The highest BCUT2D eigenvalue weighted by Crippen LogP contribution is 2.35. The van der Waals surface area contributed by atoms with E-state index in [1.165, 1.54) is 0 Å². The molecule has 118 valence electrons. The molecule has 0 radical (unpaired) electrons. The fourth-order valence-electron chi connectivity index (χ4n) is 2.09. The zero-order valence-electron chi connectivity index (χ0n) is 13.0. The molecule has 3 rings (SSSR count). The number of hydrogen-bond acceptors (Lipinski definition) is 6. The minimum absolute atomic E-state index is 0.670. The SMILES string of the molecule is CCCOc1ccc(-c2nc(-c3cnccn3)cs2)cc1OC. The van der Waals surface area contributed by atoms with Crippen LogP contribution < -0.4 is 9.47 Å². The van der Waals surface area contributed by atoms with Crippen molar-refractivity contribution in [2.24, 2.45) is 0 Å². The minimum Gasteiger partial charge on any atom is -0.493 e. The molecule has 2 aromatic heterocycles. The average molecular weight is 327 g/mol. The van der Waals surface area contributed by atoms with E-state index in [-0.39, 0.29) is 0 Å². The van der Waals surface area contributed by atoms with Crippen LogP contribution in [0.25, 0.3) is 22.0 Å². The van der Waals surface area contributed by atoms with Gasteiger partial charge in [-0.05, 0) is 24.6 Å². The number of aromatic nitrogens is 3. The van der Waals surface area contributed by atoms with Gasteiger partial charge in [-0.2, -0.15) is 0 Å². The van der Waals surface area contributed by atoms with Crippen molar-refractivity contribution in [1.29, 1.82) is 0 Å². The van der Waals surface area contributed by atoms with E-state index < -0.39 is 0 Å². The second-order valence-corrected chi connectivity index (χ2v) is 5.70. The monoisotopic (exact) mass is 327 g/mol. The lowest BCUT2D eigenvalue weighted by Crippen LogP contribution is -1.97. The highest BCUT2D eigenvalue weighted by molar-refractivity contribution is 7.13. The summed E-state index contributed by atoms with van der Waals surface area (Å²) in [5.41, 5.74) is 2.58. The maximum atomic E-state index is 5.68. The topological polar surface area (TPSA) is 57.1 Å². The lowest BCUT2D eigenvalue weighted by Gasteiger charge is -2.10. The summed E-state index contributed by atoms with van der Waals surface area (Å²) in [5, 5.41) is 2.89. The molecule has 0 bridgehead atoms. The van der Waals surface area contributed by atoms with Crippen LogP contribution in [-0.2, 0) is 0 Å². The summed E-state index contributed by atoms with van der Waals surface area (Å²) in [5.74, 6) is 1.47. The molecule has 0 aliphatic carbocycles. The number of hydrogen-bond donors (Lipinski definition) is 0. The molecule has 0 unspecified atom stereocenters. The van der Waals surface area contributed by atoms with Crippen LogP contribution in [0.2, 0.25) is 0 Å². The molecule has 3 aromatic rings. The van der Waals surface area contributed by atoms with E-state index in [1.54, 1.807) is 37.0 Å². The van der Waals surface area contributed by atoms with Crippen LogP contribution in [0.1, 0.15) is 13.3 Å². The molecule has 0 N–H and O–H groups in total. The maximum absolute atomic E-state index is 5.68.